The molecule has 0 aromatic carbocycles. The van der Waals surface area contributed by atoms with Crippen molar-refractivity contribution in [3.05, 3.63) is 0 Å². The molecule has 1 saturated heterocycles. The number of carbonyl (C=O) groups is 1. The highest BCUT2D eigenvalue weighted by Gasteiger charge is 2.38. The van der Waals surface area contributed by atoms with Gasteiger partial charge in [-0.1, -0.05) is 12.8 Å². The summed E-state index contributed by atoms with van der Waals surface area (Å²) in [5.74, 6) is 0.708. The second-order valence-electron chi connectivity index (χ2n) is 6.24. The predicted octanol–water partition coefficient (Wildman–Crippen LogP) is 1.69. The highest BCUT2D eigenvalue weighted by Crippen LogP contribution is 2.33. The Morgan fingerprint density at radius 1 is 1.26 bits per heavy atom. The van der Waals surface area contributed by atoms with Gasteiger partial charge >= 0.3 is 0 Å². The van der Waals surface area contributed by atoms with Crippen molar-refractivity contribution in [1.82, 2.24) is 5.32 Å². The van der Waals surface area contributed by atoms with Crippen LogP contribution in [0.25, 0.3) is 0 Å². The maximum absolute atomic E-state index is 12.1. The minimum Gasteiger partial charge on any atom is -0.304 e. The number of carbonyl (C=O) groups excluding carboxylic acids is 1. The third-order valence-electron chi connectivity index (χ3n) is 4.60. The normalized spacial score (nSPS) is 31.4. The van der Waals surface area contributed by atoms with E-state index < -0.39 is 9.84 Å². The number of ketones is 1. The quantitative estimate of drug-likeness (QED) is 0.836. The molecule has 4 nitrogen and oxygen atoms in total. The fourth-order valence-electron chi connectivity index (χ4n) is 3.22. The Labute approximate surface area is 116 Å². The first-order chi connectivity index (χ1) is 8.90. The summed E-state index contributed by atoms with van der Waals surface area (Å²) in [6.45, 7) is 3.34. The van der Waals surface area contributed by atoms with Crippen molar-refractivity contribution in [2.75, 3.05) is 5.75 Å². The van der Waals surface area contributed by atoms with Crippen LogP contribution in [0.15, 0.2) is 0 Å². The van der Waals surface area contributed by atoms with Crippen molar-refractivity contribution >= 4 is 15.6 Å². The highest BCUT2D eigenvalue weighted by molar-refractivity contribution is 7.91. The SMILES string of the molecule is CC(C)S(=O)(=O)CCC(=O)C1CC2CCCCC2N1. The smallest absolute Gasteiger partial charge is 0.153 e. The summed E-state index contributed by atoms with van der Waals surface area (Å²) in [5, 5.41) is 3.02. The molecule has 5 heteroatoms. The van der Waals surface area contributed by atoms with Crippen molar-refractivity contribution in [2.24, 2.45) is 5.92 Å². The molecular formula is C14H25NO3S. The molecule has 0 radical (unpaired) electrons. The fourth-order valence-corrected chi connectivity index (χ4v) is 4.17. The minimum atomic E-state index is -3.10. The summed E-state index contributed by atoms with van der Waals surface area (Å²) in [6, 6.07) is 0.389. The van der Waals surface area contributed by atoms with E-state index in [0.29, 0.717) is 12.0 Å². The third kappa shape index (κ3) is 3.57. The van der Waals surface area contributed by atoms with Crippen molar-refractivity contribution in [1.29, 1.82) is 0 Å². The van der Waals surface area contributed by atoms with Gasteiger partial charge in [-0.15, -0.1) is 0 Å². The average molecular weight is 287 g/mol. The van der Waals surface area contributed by atoms with Crippen LogP contribution in [0.2, 0.25) is 0 Å². The van der Waals surface area contributed by atoms with Gasteiger partial charge in [0.25, 0.3) is 0 Å². The molecule has 1 heterocycles. The van der Waals surface area contributed by atoms with Gasteiger partial charge in [0, 0.05) is 12.5 Å². The van der Waals surface area contributed by atoms with Crippen molar-refractivity contribution in [3.8, 4) is 0 Å². The lowest BCUT2D eigenvalue weighted by Crippen LogP contribution is -2.37. The topological polar surface area (TPSA) is 63.2 Å². The number of nitrogens with one attached hydrogen (secondary N) is 1. The van der Waals surface area contributed by atoms with Gasteiger partial charge in [-0.05, 0) is 39.0 Å². The van der Waals surface area contributed by atoms with Gasteiger partial charge in [0.15, 0.2) is 15.6 Å². The number of rotatable bonds is 5. The molecule has 110 valence electrons. The van der Waals surface area contributed by atoms with E-state index in [2.05, 4.69) is 5.32 Å². The van der Waals surface area contributed by atoms with Crippen molar-refractivity contribution in [3.63, 3.8) is 0 Å². The molecule has 2 fully saturated rings. The van der Waals surface area contributed by atoms with E-state index in [1.54, 1.807) is 13.8 Å². The zero-order valence-corrected chi connectivity index (χ0v) is 12.7. The summed E-state index contributed by atoms with van der Waals surface area (Å²) >= 11 is 0. The number of Topliss-reactive ketones (excluding diaryl/α,β-unsaturated/α-hetero) is 1. The zero-order valence-electron chi connectivity index (χ0n) is 11.9. The van der Waals surface area contributed by atoms with Crippen molar-refractivity contribution < 1.29 is 13.2 Å². The molecule has 0 bridgehead atoms. The molecule has 0 aromatic heterocycles. The average Bonchev–Trinajstić information content (AvgIpc) is 2.79. The van der Waals surface area contributed by atoms with E-state index >= 15 is 0 Å². The van der Waals surface area contributed by atoms with Crippen LogP contribution in [0.4, 0.5) is 0 Å². The van der Waals surface area contributed by atoms with Crippen LogP contribution >= 0.6 is 0 Å². The van der Waals surface area contributed by atoms with Gasteiger partial charge in [0.05, 0.1) is 17.0 Å². The van der Waals surface area contributed by atoms with Gasteiger partial charge in [0.2, 0.25) is 0 Å². The molecule has 1 aliphatic heterocycles. The van der Waals surface area contributed by atoms with Crippen LogP contribution < -0.4 is 5.32 Å². The second-order valence-corrected chi connectivity index (χ2v) is 8.91. The standard InChI is InChI=1S/C14H25NO3S/c1-10(2)19(17,18)8-7-14(16)13-9-11-5-3-4-6-12(11)15-13/h10-13,15H,3-9H2,1-2H3. The molecule has 2 aliphatic rings. The Balaban J connectivity index is 1.85. The Kier molecular flexibility index (Phi) is 4.66. The van der Waals surface area contributed by atoms with E-state index in [-0.39, 0.29) is 29.2 Å². The van der Waals surface area contributed by atoms with Crippen LogP contribution in [-0.4, -0.2) is 37.3 Å². The van der Waals surface area contributed by atoms with Crippen LogP contribution in [0.1, 0.15) is 52.4 Å². The molecule has 1 aliphatic carbocycles. The van der Waals surface area contributed by atoms with Crippen molar-refractivity contribution in [2.45, 2.75) is 69.7 Å². The van der Waals surface area contributed by atoms with E-state index in [0.717, 1.165) is 6.42 Å². The maximum atomic E-state index is 12.1. The van der Waals surface area contributed by atoms with E-state index in [9.17, 15) is 13.2 Å². The summed E-state index contributed by atoms with van der Waals surface area (Å²) < 4.78 is 23.5. The minimum absolute atomic E-state index is 0.00296. The van der Waals surface area contributed by atoms with Gasteiger partial charge in [-0.2, -0.15) is 0 Å². The molecule has 1 saturated carbocycles. The number of hydrogen-bond acceptors (Lipinski definition) is 4. The molecule has 2 rings (SSSR count). The van der Waals surface area contributed by atoms with Crippen LogP contribution in [0, 0.1) is 5.92 Å². The molecule has 19 heavy (non-hydrogen) atoms. The lowest BCUT2D eigenvalue weighted by atomic mass is 9.85. The molecule has 0 amide bonds. The molecular weight excluding hydrogens is 262 g/mol. The summed E-state index contributed by atoms with van der Waals surface area (Å²) in [5.41, 5.74) is 0. The summed E-state index contributed by atoms with van der Waals surface area (Å²) in [6.07, 6.45) is 5.97. The Morgan fingerprint density at radius 2 is 1.95 bits per heavy atom. The van der Waals surface area contributed by atoms with Gasteiger partial charge in [-0.3, -0.25) is 4.79 Å². The van der Waals surface area contributed by atoms with Gasteiger partial charge in [0.1, 0.15) is 0 Å². The number of hydrogen-bond donors (Lipinski definition) is 1. The molecule has 0 spiro atoms. The zero-order chi connectivity index (χ0) is 14.0. The van der Waals surface area contributed by atoms with Crippen LogP contribution in [-0.2, 0) is 14.6 Å². The number of fused-ring (bicyclic) bond motifs is 1. The first kappa shape index (κ1) is 15.0. The van der Waals surface area contributed by atoms with Gasteiger partial charge < -0.3 is 5.32 Å². The summed E-state index contributed by atoms with van der Waals surface area (Å²) in [7, 11) is -3.10. The van der Waals surface area contributed by atoms with Crippen LogP contribution in [0.5, 0.6) is 0 Å². The predicted molar refractivity (Wildman–Crippen MR) is 75.8 cm³/mol. The largest absolute Gasteiger partial charge is 0.304 e. The van der Waals surface area contributed by atoms with E-state index in [1.807, 2.05) is 0 Å². The lowest BCUT2D eigenvalue weighted by molar-refractivity contribution is -0.120. The monoisotopic (exact) mass is 287 g/mol. The van der Waals surface area contributed by atoms with E-state index in [4.69, 9.17) is 0 Å². The molecule has 3 unspecified atom stereocenters. The molecule has 3 atom stereocenters. The van der Waals surface area contributed by atoms with E-state index in [1.165, 1.54) is 25.7 Å². The first-order valence-electron chi connectivity index (χ1n) is 7.40. The van der Waals surface area contributed by atoms with Crippen LogP contribution in [0.3, 0.4) is 0 Å². The molecule has 0 aromatic rings. The maximum Gasteiger partial charge on any atom is 0.153 e. The third-order valence-corrected chi connectivity index (χ3v) is 6.81. The number of sulfone groups is 1. The first-order valence-corrected chi connectivity index (χ1v) is 9.12. The summed E-state index contributed by atoms with van der Waals surface area (Å²) in [4.78, 5) is 12.1. The fraction of sp³-hybridized carbons (Fsp3) is 0.929. The Bertz CT molecular complexity index is 416. The Morgan fingerprint density at radius 3 is 2.58 bits per heavy atom. The second kappa shape index (κ2) is 5.92. The molecule has 1 N–H and O–H groups in total. The Hall–Kier alpha value is -0.420. The van der Waals surface area contributed by atoms with Gasteiger partial charge in [-0.25, -0.2) is 8.42 Å². The lowest BCUT2D eigenvalue weighted by Gasteiger charge is -2.24. The highest BCUT2D eigenvalue weighted by atomic mass is 32.2.